The van der Waals surface area contributed by atoms with Crippen LogP contribution in [0, 0.1) is 37.9 Å². The molecule has 3 aromatic rings. The molecule has 0 radical (unpaired) electrons. The van der Waals surface area contributed by atoms with E-state index in [1.54, 1.807) is 12.3 Å². The predicted molar refractivity (Wildman–Crippen MR) is 197 cm³/mol. The van der Waals surface area contributed by atoms with E-state index in [2.05, 4.69) is 69.3 Å². The molecule has 50 heavy (non-hydrogen) atoms. The number of rotatable bonds is 10. The molecule has 0 bridgehead atoms. The average molecular weight is 701 g/mol. The molecular formula is C37H49FN8O3Si. The van der Waals surface area contributed by atoms with E-state index in [-0.39, 0.29) is 18.0 Å². The van der Waals surface area contributed by atoms with Crippen LogP contribution in [0.25, 0.3) is 0 Å². The molecule has 0 aliphatic carbocycles. The van der Waals surface area contributed by atoms with Crippen LogP contribution in [0.5, 0.6) is 0 Å². The van der Waals surface area contributed by atoms with Crippen LogP contribution in [0.15, 0.2) is 42.6 Å². The Morgan fingerprint density at radius 1 is 1.08 bits per heavy atom. The molecule has 2 aliphatic rings. The zero-order valence-electron chi connectivity index (χ0n) is 30.0. The number of carbonyl (C=O) groups excluding carboxylic acids is 1. The van der Waals surface area contributed by atoms with Crippen LogP contribution in [0.4, 0.5) is 26.4 Å². The van der Waals surface area contributed by atoms with Gasteiger partial charge in [-0.2, -0.15) is 10.4 Å². The number of nitriles is 1. The first-order chi connectivity index (χ1) is 23.8. The summed E-state index contributed by atoms with van der Waals surface area (Å²) in [5, 5.41) is 34.4. The number of amides is 2. The minimum atomic E-state index is -1.50. The number of piperazine rings is 1. The quantitative estimate of drug-likeness (QED) is 0.212. The van der Waals surface area contributed by atoms with Crippen molar-refractivity contribution in [2.24, 2.45) is 0 Å². The number of piperidine rings is 1. The number of anilines is 3. The monoisotopic (exact) mass is 700 g/mol. The summed E-state index contributed by atoms with van der Waals surface area (Å²) in [6.07, 6.45) is 2.84. The molecule has 3 N–H and O–H groups in total. The molecule has 0 saturated carbocycles. The smallest absolute Gasteiger partial charge is 0.404 e. The molecule has 2 unspecified atom stereocenters. The molecule has 11 nitrogen and oxygen atoms in total. The normalized spacial score (nSPS) is 17.6. The number of aromatic nitrogens is 2. The molecule has 2 saturated heterocycles. The highest BCUT2D eigenvalue weighted by Gasteiger charge is 2.38. The van der Waals surface area contributed by atoms with Crippen molar-refractivity contribution in [1.82, 2.24) is 20.4 Å². The predicted octanol–water partition coefficient (Wildman–Crippen LogP) is 6.19. The molecular weight excluding hydrogens is 652 g/mol. The minimum absolute atomic E-state index is 0.0683. The van der Waals surface area contributed by atoms with Crippen LogP contribution in [-0.2, 0) is 0 Å². The largest absolute Gasteiger partial charge is 0.465 e. The fourth-order valence-electron chi connectivity index (χ4n) is 7.42. The van der Waals surface area contributed by atoms with E-state index in [0.717, 1.165) is 47.0 Å². The summed E-state index contributed by atoms with van der Waals surface area (Å²) < 4.78 is 13.7. The Morgan fingerprint density at radius 3 is 2.46 bits per heavy atom. The van der Waals surface area contributed by atoms with Gasteiger partial charge in [0.05, 0.1) is 23.3 Å². The number of nitrogens with one attached hydrogen (secondary N) is 2. The number of halogens is 1. The highest BCUT2D eigenvalue weighted by Crippen LogP contribution is 2.33. The third-order valence-corrected chi connectivity index (χ3v) is 11.8. The minimum Gasteiger partial charge on any atom is -0.465 e. The first-order valence-electron chi connectivity index (χ1n) is 17.4. The summed E-state index contributed by atoms with van der Waals surface area (Å²) in [6, 6.07) is 12.6. The van der Waals surface area contributed by atoms with E-state index >= 15 is 0 Å². The maximum absolute atomic E-state index is 14.5. The van der Waals surface area contributed by atoms with Crippen molar-refractivity contribution >= 4 is 37.3 Å². The van der Waals surface area contributed by atoms with Crippen LogP contribution in [-0.4, -0.2) is 91.1 Å². The lowest BCUT2D eigenvalue weighted by atomic mass is 9.93. The van der Waals surface area contributed by atoms with Gasteiger partial charge in [-0.05, 0) is 87.1 Å². The summed E-state index contributed by atoms with van der Waals surface area (Å²) in [5.41, 5.74) is 5.56. The van der Waals surface area contributed by atoms with Crippen LogP contribution in [0.3, 0.4) is 0 Å². The zero-order chi connectivity index (χ0) is 36.2. The van der Waals surface area contributed by atoms with E-state index in [1.807, 2.05) is 30.9 Å². The van der Waals surface area contributed by atoms with Crippen molar-refractivity contribution in [3.05, 3.63) is 76.2 Å². The summed E-state index contributed by atoms with van der Waals surface area (Å²) >= 11 is 0. The van der Waals surface area contributed by atoms with Gasteiger partial charge in [0, 0.05) is 64.3 Å². The summed E-state index contributed by atoms with van der Waals surface area (Å²) in [5.74, 6) is 0.179. The second-order valence-corrected chi connectivity index (χ2v) is 20.4. The van der Waals surface area contributed by atoms with Gasteiger partial charge in [-0.15, -0.1) is 5.10 Å². The number of carboxylic acid groups (broad SMARTS) is 1. The van der Waals surface area contributed by atoms with E-state index in [0.29, 0.717) is 56.1 Å². The first kappa shape index (κ1) is 36.6. The van der Waals surface area contributed by atoms with Gasteiger partial charge in [0.25, 0.3) is 5.91 Å². The molecule has 13 heteroatoms. The van der Waals surface area contributed by atoms with Crippen molar-refractivity contribution in [1.29, 1.82) is 5.26 Å². The van der Waals surface area contributed by atoms with Gasteiger partial charge in [-0.1, -0.05) is 31.8 Å². The third kappa shape index (κ3) is 8.53. The van der Waals surface area contributed by atoms with E-state index in [9.17, 15) is 24.3 Å². The number of carbonyl (C=O) groups is 2. The molecule has 1 aromatic heterocycles. The number of hydrogen-bond acceptors (Lipinski definition) is 8. The number of hydrogen-bond donors (Lipinski definition) is 3. The molecule has 2 atom stereocenters. The molecule has 5 rings (SSSR count). The Morgan fingerprint density at radius 2 is 1.82 bits per heavy atom. The maximum Gasteiger partial charge on any atom is 0.404 e. The molecule has 266 valence electrons. The average Bonchev–Trinajstić information content (AvgIpc) is 3.08. The molecule has 2 aromatic carbocycles. The number of nitrogens with zero attached hydrogens (tertiary/aromatic N) is 6. The highest BCUT2D eigenvalue weighted by molar-refractivity contribution is 6.76. The number of aryl methyl sites for hydroxylation is 2. The van der Waals surface area contributed by atoms with Crippen molar-refractivity contribution in [2.75, 3.05) is 47.8 Å². The van der Waals surface area contributed by atoms with E-state index < -0.39 is 26.0 Å². The lowest BCUT2D eigenvalue weighted by molar-refractivity contribution is 0.0707. The Balaban J connectivity index is 1.36. The zero-order valence-corrected chi connectivity index (χ0v) is 31.0. The Kier molecular flexibility index (Phi) is 11.3. The van der Waals surface area contributed by atoms with Gasteiger partial charge >= 0.3 is 6.09 Å². The molecule has 0 spiro atoms. The first-order valence-corrected chi connectivity index (χ1v) is 21.1. The van der Waals surface area contributed by atoms with Crippen LogP contribution in [0.2, 0.25) is 25.7 Å². The van der Waals surface area contributed by atoms with Gasteiger partial charge in [0.15, 0.2) is 5.82 Å². The molecule has 2 aliphatic heterocycles. The van der Waals surface area contributed by atoms with Crippen molar-refractivity contribution in [2.45, 2.75) is 83.8 Å². The summed E-state index contributed by atoms with van der Waals surface area (Å²) in [7, 11) is -1.50. The van der Waals surface area contributed by atoms with Crippen LogP contribution < -0.4 is 20.4 Å². The number of benzene rings is 2. The Bertz CT molecular complexity index is 1740. The lowest BCUT2D eigenvalue weighted by Crippen LogP contribution is -2.63. The fourth-order valence-corrected chi connectivity index (χ4v) is 8.59. The Hall–Kier alpha value is -4.70. The molecule has 2 amide bonds. The van der Waals surface area contributed by atoms with E-state index in [1.165, 1.54) is 12.1 Å². The van der Waals surface area contributed by atoms with Gasteiger partial charge < -0.3 is 30.4 Å². The summed E-state index contributed by atoms with van der Waals surface area (Å²) in [6.45, 7) is 15.6. The fraction of sp³-hybridized carbons (Fsp3) is 0.486. The third-order valence-electron chi connectivity index (χ3n) is 9.99. The van der Waals surface area contributed by atoms with E-state index in [4.69, 9.17) is 0 Å². The van der Waals surface area contributed by atoms with Crippen molar-refractivity contribution in [3.8, 4) is 6.07 Å². The van der Waals surface area contributed by atoms with Gasteiger partial charge in [-0.25, -0.2) is 9.18 Å². The lowest BCUT2D eigenvalue weighted by Gasteiger charge is -2.45. The van der Waals surface area contributed by atoms with Crippen LogP contribution >= 0.6 is 0 Å². The molecule has 3 heterocycles. The standard InChI is InChI=1S/C37H49FN8O3Si/c1-24-20-25(2)35(41-29-11-15-44(16-12-29)31-10-9-28(38)21-27(31)22-39)26(3)34(24)36(47)45-17-18-46(33-8-7-14-40-43-33)32(23-45)30(42-37(48)49)13-19-50(4,5)6/h7-10,14,20-21,29-30,32,41-42H,11-13,15-19,23H2,1-6H3,(H,48,49). The van der Waals surface area contributed by atoms with Crippen LogP contribution in [0.1, 0.15) is 51.9 Å². The maximum atomic E-state index is 14.5. The SMILES string of the molecule is Cc1cc(C)c(C(=O)N2CCN(c3cccnn3)C(C(CC[Si](C)(C)C)NC(=O)O)C2)c(C)c1NC1CCN(c2ccc(F)cc2C#N)CC1. The molecule has 2 fully saturated rings. The second kappa shape index (κ2) is 15.5. The van der Waals surface area contributed by atoms with Gasteiger partial charge in [-0.3, -0.25) is 4.79 Å². The van der Waals surface area contributed by atoms with Gasteiger partial charge in [0.2, 0.25) is 0 Å². The van der Waals surface area contributed by atoms with Gasteiger partial charge in [0.1, 0.15) is 11.9 Å². The highest BCUT2D eigenvalue weighted by atomic mass is 28.3. The second-order valence-electron chi connectivity index (χ2n) is 14.8. The van der Waals surface area contributed by atoms with Crippen molar-refractivity contribution in [3.63, 3.8) is 0 Å². The van der Waals surface area contributed by atoms with Crippen molar-refractivity contribution < 1.29 is 19.1 Å². The summed E-state index contributed by atoms with van der Waals surface area (Å²) in [4.78, 5) is 32.6. The Labute approximate surface area is 295 Å². The topological polar surface area (TPSA) is 138 Å².